The molecule has 2 fully saturated rings. The minimum absolute atomic E-state index is 0.0138. The average Bonchev–Trinajstić information content (AvgIpc) is 3.23. The summed E-state index contributed by atoms with van der Waals surface area (Å²) in [5.41, 5.74) is 2.40. The van der Waals surface area contributed by atoms with Gasteiger partial charge >= 0.3 is 0 Å². The molecule has 3 aromatic rings. The maximum atomic E-state index is 13.4. The Labute approximate surface area is 214 Å². The number of morpholine rings is 1. The fourth-order valence-corrected chi connectivity index (χ4v) is 4.83. The number of amidine groups is 1. The molecular weight excluding hydrogens is 474 g/mol. The van der Waals surface area contributed by atoms with Crippen molar-refractivity contribution in [3.8, 4) is 5.75 Å². The lowest BCUT2D eigenvalue weighted by Crippen LogP contribution is -2.42. The highest BCUT2D eigenvalue weighted by Crippen LogP contribution is 2.37. The van der Waals surface area contributed by atoms with Crippen molar-refractivity contribution >= 4 is 46.2 Å². The van der Waals surface area contributed by atoms with E-state index in [9.17, 15) is 9.59 Å². The summed E-state index contributed by atoms with van der Waals surface area (Å²) in [6.07, 6.45) is 1.85. The Kier molecular flexibility index (Phi) is 7.44. The molecule has 0 unspecified atom stereocenters. The monoisotopic (exact) mass is 499 g/mol. The first-order chi connectivity index (χ1) is 17.7. The molecule has 2 aliphatic rings. The SMILES string of the molecule is O=C(COc1ccc(/C=C2\SC(=Nc3ccccc3)N(c3ccccc3)C2=O)cc1)N1CCOCC1. The minimum Gasteiger partial charge on any atom is -0.484 e. The highest BCUT2D eigenvalue weighted by atomic mass is 32.2. The van der Waals surface area contributed by atoms with Gasteiger partial charge in [0.15, 0.2) is 11.8 Å². The summed E-state index contributed by atoms with van der Waals surface area (Å²) >= 11 is 1.34. The van der Waals surface area contributed by atoms with Gasteiger partial charge in [0.1, 0.15) is 5.75 Å². The van der Waals surface area contributed by atoms with E-state index in [1.54, 1.807) is 21.9 Å². The molecule has 2 amide bonds. The molecule has 5 rings (SSSR count). The predicted octanol–water partition coefficient (Wildman–Crippen LogP) is 4.73. The zero-order chi connectivity index (χ0) is 24.7. The van der Waals surface area contributed by atoms with Crippen LogP contribution in [0.1, 0.15) is 5.56 Å². The van der Waals surface area contributed by atoms with Crippen LogP contribution in [0.3, 0.4) is 0 Å². The first kappa shape index (κ1) is 23.8. The lowest BCUT2D eigenvalue weighted by atomic mass is 10.2. The van der Waals surface area contributed by atoms with Gasteiger partial charge in [0.25, 0.3) is 11.8 Å². The van der Waals surface area contributed by atoms with Gasteiger partial charge in [-0.05, 0) is 59.8 Å². The van der Waals surface area contributed by atoms with Crippen molar-refractivity contribution in [3.05, 3.63) is 95.4 Å². The quantitative estimate of drug-likeness (QED) is 0.459. The third-order valence-electron chi connectivity index (χ3n) is 5.71. The van der Waals surface area contributed by atoms with E-state index in [0.29, 0.717) is 42.1 Å². The van der Waals surface area contributed by atoms with Crippen LogP contribution in [0, 0.1) is 0 Å². The van der Waals surface area contributed by atoms with Crippen LogP contribution in [0.4, 0.5) is 11.4 Å². The van der Waals surface area contributed by atoms with Crippen LogP contribution in [-0.4, -0.2) is 54.8 Å². The van der Waals surface area contributed by atoms with Crippen molar-refractivity contribution in [2.75, 3.05) is 37.8 Å². The van der Waals surface area contributed by atoms with Gasteiger partial charge in [0.05, 0.1) is 29.5 Å². The van der Waals surface area contributed by atoms with E-state index in [1.165, 1.54) is 11.8 Å². The molecule has 2 saturated heterocycles. The van der Waals surface area contributed by atoms with E-state index in [4.69, 9.17) is 14.5 Å². The second kappa shape index (κ2) is 11.2. The Morgan fingerprint density at radius 3 is 2.31 bits per heavy atom. The Morgan fingerprint density at radius 2 is 1.61 bits per heavy atom. The number of nitrogens with zero attached hydrogens (tertiary/aromatic N) is 3. The summed E-state index contributed by atoms with van der Waals surface area (Å²) in [6, 6.07) is 26.4. The molecule has 0 spiro atoms. The zero-order valence-electron chi connectivity index (χ0n) is 19.6. The second-order valence-corrected chi connectivity index (χ2v) is 9.18. The highest BCUT2D eigenvalue weighted by Gasteiger charge is 2.34. The van der Waals surface area contributed by atoms with E-state index in [1.807, 2.05) is 78.9 Å². The number of aliphatic imine (C=N–C) groups is 1. The van der Waals surface area contributed by atoms with Crippen LogP contribution in [-0.2, 0) is 14.3 Å². The molecule has 0 atom stereocenters. The Balaban J connectivity index is 1.31. The van der Waals surface area contributed by atoms with E-state index >= 15 is 0 Å². The van der Waals surface area contributed by atoms with Crippen molar-refractivity contribution in [2.24, 2.45) is 4.99 Å². The van der Waals surface area contributed by atoms with Crippen molar-refractivity contribution in [1.82, 2.24) is 4.90 Å². The maximum absolute atomic E-state index is 13.4. The van der Waals surface area contributed by atoms with Crippen LogP contribution < -0.4 is 9.64 Å². The topological polar surface area (TPSA) is 71.4 Å². The average molecular weight is 500 g/mol. The molecule has 0 aromatic heterocycles. The molecular formula is C28H25N3O4S. The third-order valence-corrected chi connectivity index (χ3v) is 6.67. The van der Waals surface area contributed by atoms with Crippen LogP contribution in [0.2, 0.25) is 0 Å². The van der Waals surface area contributed by atoms with E-state index < -0.39 is 0 Å². The molecule has 0 radical (unpaired) electrons. The predicted molar refractivity (Wildman–Crippen MR) is 142 cm³/mol. The molecule has 3 aromatic carbocycles. The van der Waals surface area contributed by atoms with Gasteiger partial charge in [-0.1, -0.05) is 48.5 Å². The van der Waals surface area contributed by atoms with Crippen LogP contribution in [0.15, 0.2) is 94.8 Å². The van der Waals surface area contributed by atoms with Crippen LogP contribution in [0.25, 0.3) is 6.08 Å². The number of hydrogen-bond donors (Lipinski definition) is 0. The van der Waals surface area contributed by atoms with Crippen LogP contribution in [0.5, 0.6) is 5.75 Å². The number of para-hydroxylation sites is 2. The highest BCUT2D eigenvalue weighted by molar-refractivity contribution is 8.19. The molecule has 0 aliphatic carbocycles. The number of carbonyl (C=O) groups is 2. The van der Waals surface area contributed by atoms with Crippen molar-refractivity contribution in [2.45, 2.75) is 0 Å². The first-order valence-electron chi connectivity index (χ1n) is 11.7. The number of anilines is 1. The van der Waals surface area contributed by atoms with Crippen molar-refractivity contribution in [3.63, 3.8) is 0 Å². The van der Waals surface area contributed by atoms with Gasteiger partial charge < -0.3 is 14.4 Å². The molecule has 182 valence electrons. The summed E-state index contributed by atoms with van der Waals surface area (Å²) in [7, 11) is 0. The van der Waals surface area contributed by atoms with Gasteiger partial charge in [-0.15, -0.1) is 0 Å². The largest absolute Gasteiger partial charge is 0.484 e. The molecule has 0 saturated carbocycles. The summed E-state index contributed by atoms with van der Waals surface area (Å²) in [4.78, 5) is 34.4. The third kappa shape index (κ3) is 5.67. The number of ether oxygens (including phenoxy) is 2. The molecule has 2 heterocycles. The number of thioether (sulfide) groups is 1. The van der Waals surface area contributed by atoms with Crippen molar-refractivity contribution < 1.29 is 19.1 Å². The second-order valence-electron chi connectivity index (χ2n) is 8.17. The maximum Gasteiger partial charge on any atom is 0.271 e. The summed E-state index contributed by atoms with van der Waals surface area (Å²) in [5.74, 6) is 0.419. The smallest absolute Gasteiger partial charge is 0.271 e. The van der Waals surface area contributed by atoms with Gasteiger partial charge in [-0.3, -0.25) is 14.5 Å². The molecule has 0 N–H and O–H groups in total. The number of hydrogen-bond acceptors (Lipinski definition) is 6. The van der Waals surface area contributed by atoms with Gasteiger partial charge in [0.2, 0.25) is 0 Å². The van der Waals surface area contributed by atoms with E-state index in [-0.39, 0.29) is 18.4 Å². The molecule has 8 heteroatoms. The summed E-state index contributed by atoms with van der Waals surface area (Å²) in [5, 5.41) is 0.602. The number of rotatable bonds is 6. The normalized spacial score (nSPS) is 18.2. The lowest BCUT2D eigenvalue weighted by Gasteiger charge is -2.26. The molecule has 36 heavy (non-hydrogen) atoms. The fraction of sp³-hybridized carbons (Fsp3) is 0.179. The summed E-state index contributed by atoms with van der Waals surface area (Å²) in [6.45, 7) is 2.29. The standard InChI is InChI=1S/C28H25N3O4S/c32-26(30-15-17-34-18-16-30)20-35-24-13-11-21(12-14-24)19-25-27(33)31(23-9-5-2-6-10-23)28(36-25)29-22-7-3-1-4-8-22/h1-14,19H,15-18,20H2/b25-19-,29-28?. The lowest BCUT2D eigenvalue weighted by molar-refractivity contribution is -0.137. The molecule has 2 aliphatic heterocycles. The molecule has 0 bridgehead atoms. The van der Waals surface area contributed by atoms with Gasteiger partial charge in [-0.25, -0.2) is 4.99 Å². The Morgan fingerprint density at radius 1 is 0.944 bits per heavy atom. The Hall–Kier alpha value is -3.88. The number of benzene rings is 3. The van der Waals surface area contributed by atoms with Gasteiger partial charge in [0, 0.05) is 13.1 Å². The van der Waals surface area contributed by atoms with E-state index in [2.05, 4.69) is 0 Å². The fourth-order valence-electron chi connectivity index (χ4n) is 3.83. The van der Waals surface area contributed by atoms with Crippen molar-refractivity contribution in [1.29, 1.82) is 0 Å². The summed E-state index contributed by atoms with van der Waals surface area (Å²) < 4.78 is 11.0. The van der Waals surface area contributed by atoms with Crippen LogP contribution >= 0.6 is 11.8 Å². The number of carbonyl (C=O) groups excluding carboxylic acids is 2. The molecule has 7 nitrogen and oxygen atoms in total. The Bertz CT molecular complexity index is 1270. The minimum atomic E-state index is -0.127. The van der Waals surface area contributed by atoms with Gasteiger partial charge in [-0.2, -0.15) is 0 Å². The first-order valence-corrected chi connectivity index (χ1v) is 12.5. The zero-order valence-corrected chi connectivity index (χ0v) is 20.4. The van der Waals surface area contributed by atoms with E-state index in [0.717, 1.165) is 16.9 Å². The number of amides is 2.